The second-order valence-corrected chi connectivity index (χ2v) is 8.50. The lowest BCUT2D eigenvalue weighted by molar-refractivity contribution is 0.251. The molecule has 0 saturated heterocycles. The van der Waals surface area contributed by atoms with E-state index in [9.17, 15) is 4.79 Å². The number of methoxy groups -OCH3 is 1. The normalized spacial score (nSPS) is 10.7. The highest BCUT2D eigenvalue weighted by atomic mass is 16.5. The zero-order chi connectivity index (χ0) is 24.9. The number of nitrogens with zero attached hydrogens (tertiary/aromatic N) is 2. The Kier molecular flexibility index (Phi) is 10.5. The first-order valence-corrected chi connectivity index (χ1v) is 12.6. The molecule has 0 spiro atoms. The minimum absolute atomic E-state index is 0.209. The zero-order valence-electron chi connectivity index (χ0n) is 21.2. The highest BCUT2D eigenvalue weighted by molar-refractivity contribution is 5.90. The Morgan fingerprint density at radius 3 is 2.51 bits per heavy atom. The lowest BCUT2D eigenvalue weighted by Crippen LogP contribution is -2.29. The molecule has 3 aromatic rings. The second kappa shape index (κ2) is 14.0. The smallest absolute Gasteiger partial charge is 0.319 e. The number of para-hydroxylation sites is 2. The Bertz CT molecular complexity index is 1050. The summed E-state index contributed by atoms with van der Waals surface area (Å²) in [5.74, 6) is 2.61. The van der Waals surface area contributed by atoms with Crippen LogP contribution in [0.5, 0.6) is 11.5 Å². The summed E-state index contributed by atoms with van der Waals surface area (Å²) >= 11 is 0. The molecule has 0 radical (unpaired) electrons. The SMILES string of the molecule is CCCCNC(=O)Nc1ccccc1OCCCn1cc(-c2ccc(OC)cc2)nc1CCCC. The van der Waals surface area contributed by atoms with Crippen molar-refractivity contribution in [2.45, 2.75) is 58.9 Å². The van der Waals surface area contributed by atoms with E-state index >= 15 is 0 Å². The van der Waals surface area contributed by atoms with Crippen LogP contribution in [0, 0.1) is 0 Å². The fraction of sp³-hybridized carbons (Fsp3) is 0.429. The summed E-state index contributed by atoms with van der Waals surface area (Å²) in [6.45, 7) is 6.31. The van der Waals surface area contributed by atoms with E-state index in [2.05, 4.69) is 35.2 Å². The summed E-state index contributed by atoms with van der Waals surface area (Å²) in [6, 6.07) is 15.3. The number of aryl methyl sites for hydroxylation is 2. The summed E-state index contributed by atoms with van der Waals surface area (Å²) in [5.41, 5.74) is 2.73. The number of amides is 2. The average Bonchev–Trinajstić information content (AvgIpc) is 3.29. The molecule has 0 atom stereocenters. The average molecular weight is 479 g/mol. The van der Waals surface area contributed by atoms with E-state index in [1.165, 1.54) is 0 Å². The molecule has 2 N–H and O–H groups in total. The molecule has 1 aromatic heterocycles. The Labute approximate surface area is 208 Å². The molecule has 35 heavy (non-hydrogen) atoms. The molecule has 2 amide bonds. The maximum atomic E-state index is 12.1. The third kappa shape index (κ3) is 8.05. The van der Waals surface area contributed by atoms with E-state index in [1.54, 1.807) is 7.11 Å². The minimum atomic E-state index is -0.209. The number of nitrogens with one attached hydrogen (secondary N) is 2. The minimum Gasteiger partial charge on any atom is -0.497 e. The van der Waals surface area contributed by atoms with E-state index in [0.29, 0.717) is 24.6 Å². The maximum Gasteiger partial charge on any atom is 0.319 e. The molecule has 0 bridgehead atoms. The number of carbonyl (C=O) groups excluding carboxylic acids is 1. The first kappa shape index (κ1) is 26.1. The highest BCUT2D eigenvalue weighted by Gasteiger charge is 2.11. The first-order valence-electron chi connectivity index (χ1n) is 12.6. The summed E-state index contributed by atoms with van der Waals surface area (Å²) in [6.07, 6.45) is 8.14. The van der Waals surface area contributed by atoms with Crippen molar-refractivity contribution in [3.8, 4) is 22.8 Å². The molecule has 7 heteroatoms. The molecule has 3 rings (SSSR count). The standard InChI is InChI=1S/C28H38N4O3/c1-4-6-13-27-30-25(22-14-16-23(34-3)17-15-22)21-32(27)19-10-20-35-26-12-9-8-11-24(26)31-28(33)29-18-7-5-2/h8-9,11-12,14-17,21H,4-7,10,13,18-20H2,1-3H3,(H2,29,31,33). The van der Waals surface area contributed by atoms with E-state index in [-0.39, 0.29) is 6.03 Å². The molecule has 1 heterocycles. The van der Waals surface area contributed by atoms with E-state index in [0.717, 1.165) is 67.9 Å². The molecule has 0 saturated carbocycles. The molecule has 2 aromatic carbocycles. The number of hydrogen-bond acceptors (Lipinski definition) is 4. The second-order valence-electron chi connectivity index (χ2n) is 8.50. The summed E-state index contributed by atoms with van der Waals surface area (Å²) in [7, 11) is 1.67. The summed E-state index contributed by atoms with van der Waals surface area (Å²) in [5, 5.41) is 5.76. The van der Waals surface area contributed by atoms with Crippen molar-refractivity contribution in [3.63, 3.8) is 0 Å². The van der Waals surface area contributed by atoms with Gasteiger partial charge in [-0.25, -0.2) is 9.78 Å². The van der Waals surface area contributed by atoms with Crippen molar-refractivity contribution in [1.82, 2.24) is 14.9 Å². The third-order valence-corrected chi connectivity index (χ3v) is 5.75. The lowest BCUT2D eigenvalue weighted by atomic mass is 10.1. The number of carbonyl (C=O) groups is 1. The lowest BCUT2D eigenvalue weighted by Gasteiger charge is -2.13. The molecule has 0 aliphatic carbocycles. The zero-order valence-corrected chi connectivity index (χ0v) is 21.2. The molecule has 0 aliphatic rings. The van der Waals surface area contributed by atoms with Gasteiger partial charge in [-0.3, -0.25) is 0 Å². The van der Waals surface area contributed by atoms with Gasteiger partial charge in [-0.15, -0.1) is 0 Å². The Morgan fingerprint density at radius 2 is 1.77 bits per heavy atom. The third-order valence-electron chi connectivity index (χ3n) is 5.75. The van der Waals surface area contributed by atoms with Crippen LogP contribution in [0.1, 0.15) is 51.8 Å². The van der Waals surface area contributed by atoms with Crippen molar-refractivity contribution in [3.05, 3.63) is 60.6 Å². The van der Waals surface area contributed by atoms with E-state index in [1.807, 2.05) is 48.5 Å². The topological polar surface area (TPSA) is 77.4 Å². The number of imidazole rings is 1. The van der Waals surface area contributed by atoms with Gasteiger partial charge in [-0.05, 0) is 55.7 Å². The van der Waals surface area contributed by atoms with Gasteiger partial charge in [0.15, 0.2) is 0 Å². The molecule has 7 nitrogen and oxygen atoms in total. The van der Waals surface area contributed by atoms with Gasteiger partial charge in [-0.2, -0.15) is 0 Å². The predicted octanol–water partition coefficient (Wildman–Crippen LogP) is 6.29. The van der Waals surface area contributed by atoms with Gasteiger partial charge in [0.1, 0.15) is 17.3 Å². The van der Waals surface area contributed by atoms with Gasteiger partial charge in [0.05, 0.1) is 25.1 Å². The van der Waals surface area contributed by atoms with Crippen LogP contribution in [0.15, 0.2) is 54.7 Å². The summed E-state index contributed by atoms with van der Waals surface area (Å²) < 4.78 is 13.5. The van der Waals surface area contributed by atoms with Crippen LogP contribution in [0.4, 0.5) is 10.5 Å². The Morgan fingerprint density at radius 1 is 1.00 bits per heavy atom. The van der Waals surface area contributed by atoms with Crippen LogP contribution < -0.4 is 20.1 Å². The van der Waals surface area contributed by atoms with Crippen LogP contribution in [-0.2, 0) is 13.0 Å². The van der Waals surface area contributed by atoms with Gasteiger partial charge in [0, 0.05) is 31.3 Å². The highest BCUT2D eigenvalue weighted by Crippen LogP contribution is 2.25. The van der Waals surface area contributed by atoms with Crippen molar-refractivity contribution in [2.75, 3.05) is 25.6 Å². The number of benzene rings is 2. The molecule has 0 unspecified atom stereocenters. The monoisotopic (exact) mass is 478 g/mol. The molecular weight excluding hydrogens is 440 g/mol. The van der Waals surface area contributed by atoms with Crippen molar-refractivity contribution in [1.29, 1.82) is 0 Å². The van der Waals surface area contributed by atoms with Crippen LogP contribution in [0.2, 0.25) is 0 Å². The molecule has 188 valence electrons. The molecule has 0 fully saturated rings. The Balaban J connectivity index is 1.58. The van der Waals surface area contributed by atoms with Crippen LogP contribution in [0.3, 0.4) is 0 Å². The number of unbranched alkanes of at least 4 members (excludes halogenated alkanes) is 2. The van der Waals surface area contributed by atoms with E-state index in [4.69, 9.17) is 14.5 Å². The van der Waals surface area contributed by atoms with Crippen molar-refractivity contribution >= 4 is 11.7 Å². The van der Waals surface area contributed by atoms with Crippen LogP contribution in [0.25, 0.3) is 11.3 Å². The van der Waals surface area contributed by atoms with Crippen molar-refractivity contribution < 1.29 is 14.3 Å². The van der Waals surface area contributed by atoms with Crippen LogP contribution >= 0.6 is 0 Å². The Hall–Kier alpha value is -3.48. The number of anilines is 1. The number of urea groups is 1. The van der Waals surface area contributed by atoms with Crippen molar-refractivity contribution in [2.24, 2.45) is 0 Å². The fourth-order valence-electron chi connectivity index (χ4n) is 3.74. The van der Waals surface area contributed by atoms with Gasteiger partial charge < -0.3 is 24.7 Å². The fourth-order valence-corrected chi connectivity index (χ4v) is 3.74. The quantitative estimate of drug-likeness (QED) is 0.267. The number of hydrogen-bond donors (Lipinski definition) is 2. The van der Waals surface area contributed by atoms with Gasteiger partial charge >= 0.3 is 6.03 Å². The molecule has 0 aliphatic heterocycles. The largest absolute Gasteiger partial charge is 0.497 e. The summed E-state index contributed by atoms with van der Waals surface area (Å²) in [4.78, 5) is 17.1. The number of rotatable bonds is 14. The predicted molar refractivity (Wildman–Crippen MR) is 141 cm³/mol. The van der Waals surface area contributed by atoms with Gasteiger partial charge in [0.25, 0.3) is 0 Å². The van der Waals surface area contributed by atoms with Crippen LogP contribution in [-0.4, -0.2) is 35.8 Å². The molecular formula is C28H38N4O3. The van der Waals surface area contributed by atoms with E-state index < -0.39 is 0 Å². The maximum absolute atomic E-state index is 12.1. The number of ether oxygens (including phenoxy) is 2. The number of aromatic nitrogens is 2. The van der Waals surface area contributed by atoms with Gasteiger partial charge in [-0.1, -0.05) is 38.8 Å². The van der Waals surface area contributed by atoms with Gasteiger partial charge in [0.2, 0.25) is 0 Å². The first-order chi connectivity index (χ1) is 17.1.